The Kier molecular flexibility index (Phi) is 6.54. The number of carbonyl (C=O) groups excluding carboxylic acids is 1. The quantitative estimate of drug-likeness (QED) is 0.814. The van der Waals surface area contributed by atoms with Gasteiger partial charge in [-0.15, -0.1) is 0 Å². The van der Waals surface area contributed by atoms with Gasteiger partial charge in [-0.1, -0.05) is 6.07 Å². The lowest BCUT2D eigenvalue weighted by Crippen LogP contribution is -2.42. The Labute approximate surface area is 157 Å². The van der Waals surface area contributed by atoms with Crippen LogP contribution in [-0.4, -0.2) is 63.4 Å². The zero-order valence-electron chi connectivity index (χ0n) is 15.5. The van der Waals surface area contributed by atoms with Crippen molar-refractivity contribution in [1.29, 1.82) is 0 Å². The number of rotatable bonds is 5. The summed E-state index contributed by atoms with van der Waals surface area (Å²) < 4.78 is 63.1. The molecule has 0 unspecified atom stereocenters. The van der Waals surface area contributed by atoms with Gasteiger partial charge >= 0.3 is 6.18 Å². The number of hydrogen-bond acceptors (Lipinski definition) is 4. The summed E-state index contributed by atoms with van der Waals surface area (Å²) in [5.74, 6) is -0.705. The number of hydrogen-bond donors (Lipinski definition) is 1. The second kappa shape index (κ2) is 8.15. The monoisotopic (exact) mass is 407 g/mol. The average Bonchev–Trinajstić information content (AvgIpc) is 2.55. The van der Waals surface area contributed by atoms with Crippen molar-refractivity contribution in [3.63, 3.8) is 0 Å². The molecule has 0 atom stereocenters. The van der Waals surface area contributed by atoms with Crippen LogP contribution in [0.5, 0.6) is 0 Å². The molecule has 6 nitrogen and oxygen atoms in total. The van der Waals surface area contributed by atoms with E-state index in [1.54, 1.807) is 19.1 Å². The van der Waals surface area contributed by atoms with Crippen LogP contribution in [0.3, 0.4) is 0 Å². The Balaban J connectivity index is 2.03. The van der Waals surface area contributed by atoms with Gasteiger partial charge in [-0.05, 0) is 50.6 Å². The first-order valence-electron chi connectivity index (χ1n) is 8.53. The summed E-state index contributed by atoms with van der Waals surface area (Å²) in [5.41, 5.74) is 0.908. The van der Waals surface area contributed by atoms with Crippen LogP contribution < -0.4 is 5.32 Å². The maximum Gasteiger partial charge on any atom is 0.401 e. The molecule has 1 fully saturated rings. The predicted molar refractivity (Wildman–Crippen MR) is 95.9 cm³/mol. The molecule has 27 heavy (non-hydrogen) atoms. The van der Waals surface area contributed by atoms with Crippen molar-refractivity contribution in [3.8, 4) is 0 Å². The lowest BCUT2D eigenvalue weighted by atomic mass is 9.96. The van der Waals surface area contributed by atoms with Crippen molar-refractivity contribution < 1.29 is 26.4 Å². The summed E-state index contributed by atoms with van der Waals surface area (Å²) in [6.45, 7) is 1.10. The Morgan fingerprint density at radius 3 is 2.37 bits per heavy atom. The minimum atomic E-state index is -4.24. The first-order chi connectivity index (χ1) is 12.4. The number of nitrogens with one attached hydrogen (secondary N) is 1. The molecule has 0 aromatic heterocycles. The molecule has 10 heteroatoms. The Morgan fingerprint density at radius 2 is 1.85 bits per heavy atom. The van der Waals surface area contributed by atoms with Gasteiger partial charge in [0.25, 0.3) is 0 Å². The van der Waals surface area contributed by atoms with Gasteiger partial charge in [0.2, 0.25) is 15.9 Å². The summed E-state index contributed by atoms with van der Waals surface area (Å²) in [4.78, 5) is 13.8. The highest BCUT2D eigenvalue weighted by Crippen LogP contribution is 2.25. The number of benzene rings is 1. The van der Waals surface area contributed by atoms with E-state index in [0.717, 1.165) is 4.31 Å². The molecule has 0 spiro atoms. The molecule has 1 N–H and O–H groups in total. The van der Waals surface area contributed by atoms with Gasteiger partial charge in [-0.25, -0.2) is 12.7 Å². The maximum absolute atomic E-state index is 12.4. The first-order valence-corrected chi connectivity index (χ1v) is 9.97. The number of nitrogens with zero attached hydrogens (tertiary/aromatic N) is 2. The number of carbonyl (C=O) groups is 1. The zero-order chi connectivity index (χ0) is 20.4. The smallest absolute Gasteiger partial charge is 0.326 e. The first kappa shape index (κ1) is 21.6. The van der Waals surface area contributed by atoms with Crippen molar-refractivity contribution in [1.82, 2.24) is 9.21 Å². The summed E-state index contributed by atoms with van der Waals surface area (Å²) in [7, 11) is -0.796. The van der Waals surface area contributed by atoms with E-state index in [2.05, 4.69) is 5.32 Å². The van der Waals surface area contributed by atoms with Gasteiger partial charge in [-0.3, -0.25) is 9.69 Å². The standard InChI is InChI=1S/C17H24F3N3O3S/c1-12-4-5-14(10-15(12)27(25,26)22(2)3)21-16(24)13-6-8-23(9-7-13)11-17(18,19)20/h4-5,10,13H,6-9,11H2,1-3H3,(H,21,24). The van der Waals surface area contributed by atoms with Crippen LogP contribution in [0, 0.1) is 12.8 Å². The molecule has 1 aromatic carbocycles. The van der Waals surface area contributed by atoms with Gasteiger partial charge in [0.15, 0.2) is 0 Å². The fraction of sp³-hybridized carbons (Fsp3) is 0.588. The minimum Gasteiger partial charge on any atom is -0.326 e. The third-order valence-corrected chi connectivity index (χ3v) is 6.53. The third-order valence-electron chi connectivity index (χ3n) is 4.58. The van der Waals surface area contributed by atoms with Crippen LogP contribution in [0.4, 0.5) is 18.9 Å². The molecular weight excluding hydrogens is 383 g/mol. The van der Waals surface area contributed by atoms with Gasteiger partial charge in [0, 0.05) is 25.7 Å². The normalized spacial score (nSPS) is 17.3. The molecule has 1 aliphatic rings. The second-order valence-corrected chi connectivity index (χ2v) is 9.04. The van der Waals surface area contributed by atoms with Crippen LogP contribution in [0.15, 0.2) is 23.1 Å². The lowest BCUT2D eigenvalue weighted by Gasteiger charge is -2.31. The van der Waals surface area contributed by atoms with Gasteiger partial charge in [0.1, 0.15) is 0 Å². The van der Waals surface area contributed by atoms with Crippen molar-refractivity contribution in [2.24, 2.45) is 5.92 Å². The summed E-state index contributed by atoms with van der Waals surface area (Å²) in [6, 6.07) is 4.62. The van der Waals surface area contributed by atoms with E-state index in [1.165, 1.54) is 25.1 Å². The number of piperidine rings is 1. The lowest BCUT2D eigenvalue weighted by molar-refractivity contribution is -0.149. The number of alkyl halides is 3. The Morgan fingerprint density at radius 1 is 1.26 bits per heavy atom. The number of halogens is 3. The summed E-state index contributed by atoms with van der Waals surface area (Å²) in [6.07, 6.45) is -3.58. The van der Waals surface area contributed by atoms with E-state index in [4.69, 9.17) is 0 Å². The molecular formula is C17H24F3N3O3S. The van der Waals surface area contributed by atoms with Crippen LogP contribution in [0.2, 0.25) is 0 Å². The number of aryl methyl sites for hydroxylation is 1. The van der Waals surface area contributed by atoms with E-state index < -0.39 is 28.7 Å². The number of anilines is 1. The highest BCUT2D eigenvalue weighted by Gasteiger charge is 2.34. The molecule has 0 bridgehead atoms. The fourth-order valence-corrected chi connectivity index (χ4v) is 4.15. The summed E-state index contributed by atoms with van der Waals surface area (Å²) >= 11 is 0. The Hall–Kier alpha value is -1.65. The number of amides is 1. The highest BCUT2D eigenvalue weighted by molar-refractivity contribution is 7.89. The van der Waals surface area contributed by atoms with E-state index in [1.807, 2.05) is 0 Å². The van der Waals surface area contributed by atoms with Crippen molar-refractivity contribution >= 4 is 21.6 Å². The van der Waals surface area contributed by atoms with Crippen molar-refractivity contribution in [2.75, 3.05) is 39.0 Å². The topological polar surface area (TPSA) is 69.7 Å². The van der Waals surface area contributed by atoms with E-state index in [-0.39, 0.29) is 23.9 Å². The number of sulfonamides is 1. The molecule has 0 aliphatic carbocycles. The SMILES string of the molecule is Cc1ccc(NC(=O)C2CCN(CC(F)(F)F)CC2)cc1S(=O)(=O)N(C)C. The largest absolute Gasteiger partial charge is 0.401 e. The number of likely N-dealkylation sites (tertiary alicyclic amines) is 1. The third kappa shape index (κ3) is 5.66. The van der Waals surface area contributed by atoms with Crippen LogP contribution in [0.1, 0.15) is 18.4 Å². The van der Waals surface area contributed by atoms with Crippen LogP contribution in [0.25, 0.3) is 0 Å². The van der Waals surface area contributed by atoms with Crippen LogP contribution >= 0.6 is 0 Å². The highest BCUT2D eigenvalue weighted by atomic mass is 32.2. The zero-order valence-corrected chi connectivity index (χ0v) is 16.3. The molecule has 0 radical (unpaired) electrons. The molecule has 1 heterocycles. The molecule has 1 amide bonds. The molecule has 0 saturated carbocycles. The van der Waals surface area contributed by atoms with Gasteiger partial charge in [0.05, 0.1) is 11.4 Å². The molecule has 2 rings (SSSR count). The van der Waals surface area contributed by atoms with Crippen molar-refractivity contribution in [2.45, 2.75) is 30.8 Å². The Bertz CT molecular complexity index is 786. The minimum absolute atomic E-state index is 0.102. The van der Waals surface area contributed by atoms with Gasteiger partial charge in [-0.2, -0.15) is 13.2 Å². The second-order valence-electron chi connectivity index (χ2n) is 6.92. The van der Waals surface area contributed by atoms with E-state index in [0.29, 0.717) is 24.1 Å². The summed E-state index contributed by atoms with van der Waals surface area (Å²) in [5, 5.41) is 2.69. The van der Waals surface area contributed by atoms with Crippen LogP contribution in [-0.2, 0) is 14.8 Å². The van der Waals surface area contributed by atoms with Gasteiger partial charge < -0.3 is 5.32 Å². The molecule has 1 saturated heterocycles. The molecule has 152 valence electrons. The van der Waals surface area contributed by atoms with E-state index >= 15 is 0 Å². The molecule has 1 aromatic rings. The predicted octanol–water partition coefficient (Wildman–Crippen LogP) is 2.46. The average molecular weight is 407 g/mol. The fourth-order valence-electron chi connectivity index (χ4n) is 3.00. The maximum atomic E-state index is 12.4. The molecule has 1 aliphatic heterocycles. The van der Waals surface area contributed by atoms with E-state index in [9.17, 15) is 26.4 Å². The van der Waals surface area contributed by atoms with Crippen molar-refractivity contribution in [3.05, 3.63) is 23.8 Å².